The average Bonchev–Trinajstić information content (AvgIpc) is 3.30. The fraction of sp³-hybridized carbons (Fsp3) is 0.409. The summed E-state index contributed by atoms with van der Waals surface area (Å²) in [4.78, 5) is 25.1. The number of nitrogens with one attached hydrogen (secondary N) is 1. The molecule has 3 aromatic rings. The number of amides is 1. The number of rotatable bonds is 6. The van der Waals surface area contributed by atoms with Gasteiger partial charge in [-0.15, -0.1) is 10.2 Å². The number of carbonyl (C=O) groups is 1. The lowest BCUT2D eigenvalue weighted by Crippen LogP contribution is -2.54. The minimum atomic E-state index is 0.142. The normalized spacial score (nSPS) is 16.5. The van der Waals surface area contributed by atoms with Gasteiger partial charge >= 0.3 is 0 Å². The highest BCUT2D eigenvalue weighted by atomic mass is 16.4. The highest BCUT2D eigenvalue weighted by molar-refractivity contribution is 5.76. The summed E-state index contributed by atoms with van der Waals surface area (Å²) in [7, 11) is 1.92. The number of anilines is 1. The van der Waals surface area contributed by atoms with Crippen molar-refractivity contribution in [2.24, 2.45) is 0 Å². The van der Waals surface area contributed by atoms with E-state index in [1.165, 1.54) is 5.56 Å². The van der Waals surface area contributed by atoms with Crippen molar-refractivity contribution in [3.05, 3.63) is 42.2 Å². The Labute approximate surface area is 181 Å². The minimum absolute atomic E-state index is 0.142. The van der Waals surface area contributed by atoms with Gasteiger partial charge < -0.3 is 19.5 Å². The molecule has 0 unspecified atom stereocenters. The summed E-state index contributed by atoms with van der Waals surface area (Å²) in [5.74, 6) is 1.70. The van der Waals surface area contributed by atoms with Crippen LogP contribution in [-0.2, 0) is 11.3 Å². The number of piperazine rings is 1. The van der Waals surface area contributed by atoms with Gasteiger partial charge in [-0.1, -0.05) is 19.1 Å². The van der Waals surface area contributed by atoms with Crippen LogP contribution in [0.15, 0.2) is 41.1 Å². The van der Waals surface area contributed by atoms with Gasteiger partial charge in [0.05, 0.1) is 12.4 Å². The van der Waals surface area contributed by atoms with Crippen LogP contribution in [0.5, 0.6) is 0 Å². The van der Waals surface area contributed by atoms with Crippen molar-refractivity contribution in [1.82, 2.24) is 30.4 Å². The molecule has 1 aliphatic rings. The molecule has 0 radical (unpaired) electrons. The summed E-state index contributed by atoms with van der Waals surface area (Å²) in [5, 5.41) is 11.5. The van der Waals surface area contributed by atoms with Crippen molar-refractivity contribution in [1.29, 1.82) is 0 Å². The van der Waals surface area contributed by atoms with E-state index in [0.29, 0.717) is 43.5 Å². The van der Waals surface area contributed by atoms with Gasteiger partial charge in [0.25, 0.3) is 5.89 Å². The van der Waals surface area contributed by atoms with E-state index in [1.807, 2.05) is 43.1 Å². The largest absolute Gasteiger partial charge is 0.415 e. The second-order valence-electron chi connectivity index (χ2n) is 7.64. The molecule has 9 nitrogen and oxygen atoms in total. The molecule has 1 saturated heterocycles. The molecule has 1 amide bonds. The molecule has 4 rings (SSSR count). The number of hydrogen-bond donors (Lipinski definition) is 1. The third kappa shape index (κ3) is 4.56. The maximum Gasteiger partial charge on any atom is 0.268 e. The van der Waals surface area contributed by atoms with Gasteiger partial charge in [0.15, 0.2) is 0 Å². The Bertz CT molecular complexity index is 1030. The van der Waals surface area contributed by atoms with E-state index in [1.54, 1.807) is 12.4 Å². The van der Waals surface area contributed by atoms with Crippen molar-refractivity contribution >= 4 is 11.7 Å². The van der Waals surface area contributed by atoms with Crippen LogP contribution >= 0.6 is 0 Å². The van der Waals surface area contributed by atoms with Crippen LogP contribution in [0.3, 0.4) is 0 Å². The van der Waals surface area contributed by atoms with Crippen molar-refractivity contribution in [3.8, 4) is 23.0 Å². The smallest absolute Gasteiger partial charge is 0.268 e. The van der Waals surface area contributed by atoms with E-state index in [9.17, 15) is 4.79 Å². The van der Waals surface area contributed by atoms with Crippen LogP contribution in [0, 0.1) is 0 Å². The number of hydrogen-bond acceptors (Lipinski definition) is 8. The number of benzene rings is 1. The number of nitrogens with zero attached hydrogens (tertiary/aromatic N) is 6. The van der Waals surface area contributed by atoms with Gasteiger partial charge in [-0.05, 0) is 31.7 Å². The number of aromatic nitrogens is 4. The Morgan fingerprint density at radius 2 is 1.94 bits per heavy atom. The molecule has 162 valence electrons. The maximum atomic E-state index is 12.0. The second kappa shape index (κ2) is 9.22. The maximum absolute atomic E-state index is 12.0. The van der Waals surface area contributed by atoms with Crippen molar-refractivity contribution in [2.75, 3.05) is 31.6 Å². The zero-order valence-electron chi connectivity index (χ0n) is 18.1. The van der Waals surface area contributed by atoms with Gasteiger partial charge in [0.2, 0.25) is 11.8 Å². The first-order valence-corrected chi connectivity index (χ1v) is 10.5. The van der Waals surface area contributed by atoms with Crippen molar-refractivity contribution in [2.45, 2.75) is 32.9 Å². The predicted molar refractivity (Wildman–Crippen MR) is 117 cm³/mol. The molecule has 31 heavy (non-hydrogen) atoms. The first-order valence-electron chi connectivity index (χ1n) is 10.5. The molecule has 1 fully saturated rings. The van der Waals surface area contributed by atoms with Gasteiger partial charge in [0.1, 0.15) is 11.5 Å². The molecule has 0 spiro atoms. The first-order chi connectivity index (χ1) is 15.1. The lowest BCUT2D eigenvalue weighted by atomic mass is 10.1. The second-order valence-corrected chi connectivity index (χ2v) is 7.64. The quantitative estimate of drug-likeness (QED) is 0.647. The molecule has 1 atom stereocenters. The van der Waals surface area contributed by atoms with E-state index in [4.69, 9.17) is 9.40 Å². The van der Waals surface area contributed by atoms with Crippen LogP contribution in [-0.4, -0.2) is 63.7 Å². The van der Waals surface area contributed by atoms with E-state index < -0.39 is 0 Å². The van der Waals surface area contributed by atoms with E-state index in [2.05, 4.69) is 32.3 Å². The topological polar surface area (TPSA) is 100 Å². The highest BCUT2D eigenvalue weighted by Gasteiger charge is 2.27. The highest BCUT2D eigenvalue weighted by Crippen LogP contribution is 2.25. The lowest BCUT2D eigenvalue weighted by Gasteiger charge is -2.40. The monoisotopic (exact) mass is 421 g/mol. The van der Waals surface area contributed by atoms with Crippen LogP contribution in [0.2, 0.25) is 0 Å². The SMILES string of the molecule is CCC(=O)N1CCN(c2cncc(-c3nnc(-c4ccc(CNC)cc4)o3)n2)[C@H](C)C1. The molecular formula is C22H27N7O2. The summed E-state index contributed by atoms with van der Waals surface area (Å²) >= 11 is 0. The minimum Gasteiger partial charge on any atom is -0.415 e. The van der Waals surface area contributed by atoms with Crippen LogP contribution in [0.4, 0.5) is 5.82 Å². The molecule has 0 bridgehead atoms. The molecule has 1 N–H and O–H groups in total. The average molecular weight is 422 g/mol. The molecule has 3 heterocycles. The van der Waals surface area contributed by atoms with Crippen LogP contribution in [0.1, 0.15) is 25.8 Å². The fourth-order valence-electron chi connectivity index (χ4n) is 3.76. The van der Waals surface area contributed by atoms with Crippen molar-refractivity contribution in [3.63, 3.8) is 0 Å². The number of carbonyl (C=O) groups excluding carboxylic acids is 1. The third-order valence-corrected chi connectivity index (χ3v) is 5.42. The summed E-state index contributed by atoms with van der Waals surface area (Å²) in [5.41, 5.74) is 2.56. The molecule has 1 aliphatic heterocycles. The Hall–Kier alpha value is -3.33. The van der Waals surface area contributed by atoms with Crippen LogP contribution in [0.25, 0.3) is 23.0 Å². The Morgan fingerprint density at radius 1 is 1.16 bits per heavy atom. The summed E-state index contributed by atoms with van der Waals surface area (Å²) in [6.45, 7) is 6.84. The first kappa shape index (κ1) is 20.9. The standard InChI is InChI=1S/C22H27N7O2/c1-4-20(30)28-9-10-29(15(2)14-28)19-13-24-12-18(25-19)22-27-26-21(31-22)17-7-5-16(6-8-17)11-23-3/h5-8,12-13,15,23H,4,9-11,14H2,1-3H3/t15-/m1/s1. The van der Waals surface area contributed by atoms with Gasteiger partial charge in [-0.3, -0.25) is 9.78 Å². The Morgan fingerprint density at radius 3 is 2.65 bits per heavy atom. The van der Waals surface area contributed by atoms with Gasteiger partial charge in [-0.25, -0.2) is 4.98 Å². The molecule has 1 aromatic carbocycles. The molecule has 0 aliphatic carbocycles. The zero-order chi connectivity index (χ0) is 21.8. The zero-order valence-corrected chi connectivity index (χ0v) is 18.1. The third-order valence-electron chi connectivity index (χ3n) is 5.42. The Balaban J connectivity index is 1.51. The summed E-state index contributed by atoms with van der Waals surface area (Å²) in [6.07, 6.45) is 3.88. The molecule has 2 aromatic heterocycles. The fourth-order valence-corrected chi connectivity index (χ4v) is 3.76. The molecule has 9 heteroatoms. The van der Waals surface area contributed by atoms with E-state index >= 15 is 0 Å². The van der Waals surface area contributed by atoms with E-state index in [-0.39, 0.29) is 11.9 Å². The van der Waals surface area contributed by atoms with Crippen molar-refractivity contribution < 1.29 is 9.21 Å². The van der Waals surface area contributed by atoms with E-state index in [0.717, 1.165) is 17.9 Å². The van der Waals surface area contributed by atoms with Gasteiger partial charge in [0, 0.05) is 44.2 Å². The Kier molecular flexibility index (Phi) is 6.22. The summed E-state index contributed by atoms with van der Waals surface area (Å²) < 4.78 is 5.88. The van der Waals surface area contributed by atoms with Gasteiger partial charge in [-0.2, -0.15) is 0 Å². The van der Waals surface area contributed by atoms with Crippen LogP contribution < -0.4 is 10.2 Å². The summed E-state index contributed by atoms with van der Waals surface area (Å²) in [6, 6.07) is 8.12. The predicted octanol–water partition coefficient (Wildman–Crippen LogP) is 2.36. The molecule has 0 saturated carbocycles. The molecular weight excluding hydrogens is 394 g/mol. The lowest BCUT2D eigenvalue weighted by molar-refractivity contribution is -0.131.